The first-order valence-corrected chi connectivity index (χ1v) is 5.81. The van der Waals surface area contributed by atoms with Gasteiger partial charge in [-0.2, -0.15) is 5.10 Å². The van der Waals surface area contributed by atoms with Crippen LogP contribution in [0, 0.1) is 12.8 Å². The zero-order valence-electron chi connectivity index (χ0n) is 10.4. The highest BCUT2D eigenvalue weighted by atomic mass is 16.4. The van der Waals surface area contributed by atoms with Gasteiger partial charge in [-0.1, -0.05) is 5.16 Å². The average molecular weight is 251 g/mol. The maximum absolute atomic E-state index is 12.1. The first-order valence-electron chi connectivity index (χ1n) is 5.81. The predicted octanol–water partition coefficient (Wildman–Crippen LogP) is -0.0167. The van der Waals surface area contributed by atoms with Gasteiger partial charge in [-0.05, 0) is 25.7 Å². The van der Waals surface area contributed by atoms with Crippen molar-refractivity contribution in [2.24, 2.45) is 23.9 Å². The molecule has 1 heterocycles. The van der Waals surface area contributed by atoms with Crippen molar-refractivity contribution in [1.29, 1.82) is 0 Å². The Labute approximate surface area is 105 Å². The molecule has 18 heavy (non-hydrogen) atoms. The molecule has 1 aliphatic carbocycles. The van der Waals surface area contributed by atoms with Crippen molar-refractivity contribution in [3.8, 4) is 0 Å². The van der Waals surface area contributed by atoms with Gasteiger partial charge >= 0.3 is 0 Å². The quantitative estimate of drug-likeness (QED) is 0.303. The maximum atomic E-state index is 12.1. The van der Waals surface area contributed by atoms with Crippen LogP contribution in [-0.4, -0.2) is 32.8 Å². The molecule has 0 radical (unpaired) electrons. The SMILES string of the molecule is Cc1nn(C)cc1C(=O)NC(/C(N)=N/O)C1CC1. The molecule has 1 aromatic heterocycles. The molecule has 2 rings (SSSR count). The molecule has 4 N–H and O–H groups in total. The number of hydrogen-bond donors (Lipinski definition) is 3. The number of amides is 1. The topological polar surface area (TPSA) is 106 Å². The van der Waals surface area contributed by atoms with Crippen LogP contribution in [0.4, 0.5) is 0 Å². The third-order valence-electron chi connectivity index (χ3n) is 3.07. The van der Waals surface area contributed by atoms with Crippen LogP contribution in [0.5, 0.6) is 0 Å². The summed E-state index contributed by atoms with van der Waals surface area (Å²) in [6.45, 7) is 1.77. The fourth-order valence-electron chi connectivity index (χ4n) is 1.97. The van der Waals surface area contributed by atoms with Gasteiger partial charge in [-0.15, -0.1) is 0 Å². The minimum absolute atomic E-state index is 0.0485. The van der Waals surface area contributed by atoms with E-state index in [1.807, 2.05) is 0 Å². The van der Waals surface area contributed by atoms with Gasteiger partial charge in [0.15, 0.2) is 5.84 Å². The van der Waals surface area contributed by atoms with Gasteiger partial charge in [0.1, 0.15) is 0 Å². The van der Waals surface area contributed by atoms with Gasteiger partial charge in [0.2, 0.25) is 0 Å². The molecular formula is C11H17N5O2. The molecule has 98 valence electrons. The normalized spacial score (nSPS) is 17.6. The Morgan fingerprint density at radius 2 is 2.39 bits per heavy atom. The molecule has 1 amide bonds. The van der Waals surface area contributed by atoms with Gasteiger partial charge in [0, 0.05) is 13.2 Å². The number of amidine groups is 1. The lowest BCUT2D eigenvalue weighted by Crippen LogP contribution is -2.46. The largest absolute Gasteiger partial charge is 0.409 e. The number of hydrogen-bond acceptors (Lipinski definition) is 4. The maximum Gasteiger partial charge on any atom is 0.255 e. The Hall–Kier alpha value is -2.05. The van der Waals surface area contributed by atoms with Crippen LogP contribution in [0.1, 0.15) is 28.9 Å². The highest BCUT2D eigenvalue weighted by Crippen LogP contribution is 2.32. The van der Waals surface area contributed by atoms with Crippen molar-refractivity contribution in [1.82, 2.24) is 15.1 Å². The summed E-state index contributed by atoms with van der Waals surface area (Å²) in [5.74, 6) is 0.0679. The number of carbonyl (C=O) groups is 1. The lowest BCUT2D eigenvalue weighted by atomic mass is 10.1. The van der Waals surface area contributed by atoms with E-state index >= 15 is 0 Å². The van der Waals surface area contributed by atoms with Crippen molar-refractivity contribution < 1.29 is 10.0 Å². The summed E-state index contributed by atoms with van der Waals surface area (Å²) in [5, 5.41) is 18.6. The smallest absolute Gasteiger partial charge is 0.255 e. The van der Waals surface area contributed by atoms with E-state index in [4.69, 9.17) is 10.9 Å². The molecule has 1 atom stereocenters. The second-order valence-corrected chi connectivity index (χ2v) is 4.62. The van der Waals surface area contributed by atoms with E-state index in [9.17, 15) is 4.79 Å². The van der Waals surface area contributed by atoms with E-state index < -0.39 is 6.04 Å². The molecule has 7 nitrogen and oxygen atoms in total. The molecule has 0 aromatic carbocycles. The summed E-state index contributed by atoms with van der Waals surface area (Å²) in [4.78, 5) is 12.1. The van der Waals surface area contributed by atoms with Crippen LogP contribution < -0.4 is 11.1 Å². The predicted molar refractivity (Wildman–Crippen MR) is 65.3 cm³/mol. The third kappa shape index (κ3) is 2.44. The average Bonchev–Trinajstić information content (AvgIpc) is 3.10. The third-order valence-corrected chi connectivity index (χ3v) is 3.07. The number of aromatic nitrogens is 2. The first kappa shape index (κ1) is 12.4. The number of nitrogens with zero attached hydrogens (tertiary/aromatic N) is 3. The zero-order valence-corrected chi connectivity index (χ0v) is 10.4. The summed E-state index contributed by atoms with van der Waals surface area (Å²) in [5.41, 5.74) is 6.76. The minimum Gasteiger partial charge on any atom is -0.409 e. The molecule has 1 saturated carbocycles. The second-order valence-electron chi connectivity index (χ2n) is 4.62. The Balaban J connectivity index is 2.12. The van der Waals surface area contributed by atoms with Crippen molar-refractivity contribution in [3.63, 3.8) is 0 Å². The van der Waals surface area contributed by atoms with E-state index in [1.54, 1.807) is 24.9 Å². The summed E-state index contributed by atoms with van der Waals surface area (Å²) in [6.07, 6.45) is 3.61. The molecule has 1 aliphatic rings. The second kappa shape index (κ2) is 4.67. The Bertz CT molecular complexity index is 490. The van der Waals surface area contributed by atoms with Gasteiger partial charge in [-0.3, -0.25) is 9.48 Å². The number of carbonyl (C=O) groups excluding carboxylic acids is 1. The van der Waals surface area contributed by atoms with Crippen molar-refractivity contribution in [2.45, 2.75) is 25.8 Å². The number of rotatable bonds is 4. The summed E-state index contributed by atoms with van der Waals surface area (Å²) < 4.78 is 1.58. The molecular weight excluding hydrogens is 234 g/mol. The van der Waals surface area contributed by atoms with E-state index in [0.717, 1.165) is 12.8 Å². The monoisotopic (exact) mass is 251 g/mol. The number of nitrogens with one attached hydrogen (secondary N) is 1. The molecule has 1 unspecified atom stereocenters. The van der Waals surface area contributed by atoms with E-state index in [2.05, 4.69) is 15.6 Å². The van der Waals surface area contributed by atoms with Crippen LogP contribution in [-0.2, 0) is 7.05 Å². The van der Waals surface area contributed by atoms with E-state index in [-0.39, 0.29) is 17.7 Å². The Morgan fingerprint density at radius 3 is 2.83 bits per heavy atom. The number of nitrogens with two attached hydrogens (primary N) is 1. The van der Waals surface area contributed by atoms with Gasteiger partial charge in [0.05, 0.1) is 17.3 Å². The summed E-state index contributed by atoms with van der Waals surface area (Å²) in [6, 6.07) is -0.401. The Kier molecular flexibility index (Phi) is 3.22. The first-order chi connectivity index (χ1) is 8.52. The fourth-order valence-corrected chi connectivity index (χ4v) is 1.97. The van der Waals surface area contributed by atoms with Crippen LogP contribution in [0.3, 0.4) is 0 Å². The lowest BCUT2D eigenvalue weighted by Gasteiger charge is -2.16. The Morgan fingerprint density at radius 1 is 1.72 bits per heavy atom. The molecule has 7 heteroatoms. The molecule has 0 spiro atoms. The molecule has 0 aliphatic heterocycles. The van der Waals surface area contributed by atoms with E-state index in [0.29, 0.717) is 11.3 Å². The minimum atomic E-state index is -0.401. The van der Waals surface area contributed by atoms with Crippen LogP contribution in [0.15, 0.2) is 11.4 Å². The van der Waals surface area contributed by atoms with Gasteiger partial charge in [0.25, 0.3) is 5.91 Å². The molecule has 1 fully saturated rings. The van der Waals surface area contributed by atoms with Crippen molar-refractivity contribution in [2.75, 3.05) is 0 Å². The standard InChI is InChI=1S/C11H17N5O2/c1-6-8(5-16(2)14-6)11(17)13-9(7-3-4-7)10(12)15-18/h5,7,9,18H,3-4H2,1-2H3,(H2,12,15)(H,13,17). The molecule has 1 aromatic rings. The molecule has 0 saturated heterocycles. The van der Waals surface area contributed by atoms with Crippen LogP contribution in [0.2, 0.25) is 0 Å². The fraction of sp³-hybridized carbons (Fsp3) is 0.545. The van der Waals surface area contributed by atoms with Crippen LogP contribution in [0.25, 0.3) is 0 Å². The highest BCUT2D eigenvalue weighted by molar-refractivity contribution is 5.99. The van der Waals surface area contributed by atoms with Crippen LogP contribution >= 0.6 is 0 Å². The summed E-state index contributed by atoms with van der Waals surface area (Å²) >= 11 is 0. The highest BCUT2D eigenvalue weighted by Gasteiger charge is 2.35. The van der Waals surface area contributed by atoms with Crippen molar-refractivity contribution >= 4 is 11.7 Å². The van der Waals surface area contributed by atoms with E-state index in [1.165, 1.54) is 0 Å². The lowest BCUT2D eigenvalue weighted by molar-refractivity contribution is 0.0942. The molecule has 0 bridgehead atoms. The summed E-state index contributed by atoms with van der Waals surface area (Å²) in [7, 11) is 1.76. The zero-order chi connectivity index (χ0) is 13.3. The number of oxime groups is 1. The van der Waals surface area contributed by atoms with Crippen molar-refractivity contribution in [3.05, 3.63) is 17.5 Å². The number of aryl methyl sites for hydroxylation is 2. The van der Waals surface area contributed by atoms with Gasteiger partial charge in [-0.25, -0.2) is 0 Å². The van der Waals surface area contributed by atoms with Gasteiger partial charge < -0.3 is 16.3 Å².